The third-order valence-corrected chi connectivity index (χ3v) is 4.89. The standard InChI is InChI=1S/C19H20FN3O3/c1-2-25-18-10-17(26-22-18)19(24)23-7-5-12(6-8-23)15-11-21-16-4-3-13(20)9-14(15)16/h3-4,9-12,21H,2,5-8H2,1H3. The number of likely N-dealkylation sites (tertiary alicyclic amines) is 1. The molecule has 7 heteroatoms. The summed E-state index contributed by atoms with van der Waals surface area (Å²) >= 11 is 0. The molecular formula is C19H20FN3O3. The molecule has 1 fully saturated rings. The predicted molar refractivity (Wildman–Crippen MR) is 93.8 cm³/mol. The van der Waals surface area contributed by atoms with Gasteiger partial charge in [0.25, 0.3) is 11.8 Å². The van der Waals surface area contributed by atoms with Crippen molar-refractivity contribution in [2.75, 3.05) is 19.7 Å². The van der Waals surface area contributed by atoms with Crippen molar-refractivity contribution in [3.8, 4) is 5.88 Å². The number of nitrogens with one attached hydrogen (secondary N) is 1. The fourth-order valence-electron chi connectivity index (χ4n) is 3.58. The second kappa shape index (κ2) is 6.82. The van der Waals surface area contributed by atoms with Gasteiger partial charge in [0.1, 0.15) is 5.82 Å². The van der Waals surface area contributed by atoms with E-state index >= 15 is 0 Å². The molecule has 0 bridgehead atoms. The largest absolute Gasteiger partial charge is 0.476 e. The van der Waals surface area contributed by atoms with Gasteiger partial charge >= 0.3 is 0 Å². The van der Waals surface area contributed by atoms with Crippen LogP contribution >= 0.6 is 0 Å². The number of carbonyl (C=O) groups is 1. The summed E-state index contributed by atoms with van der Waals surface area (Å²) in [5.41, 5.74) is 2.05. The van der Waals surface area contributed by atoms with Gasteiger partial charge in [-0.05, 0) is 54.6 Å². The van der Waals surface area contributed by atoms with E-state index in [1.165, 1.54) is 12.1 Å². The fourth-order valence-corrected chi connectivity index (χ4v) is 3.58. The summed E-state index contributed by atoms with van der Waals surface area (Å²) in [4.78, 5) is 17.5. The summed E-state index contributed by atoms with van der Waals surface area (Å²) in [6, 6.07) is 6.31. The Morgan fingerprint density at radius 1 is 1.38 bits per heavy atom. The molecule has 1 N–H and O–H groups in total. The van der Waals surface area contributed by atoms with E-state index in [0.717, 1.165) is 29.3 Å². The number of halogens is 1. The van der Waals surface area contributed by atoms with Gasteiger partial charge in [-0.3, -0.25) is 4.79 Å². The first-order valence-electron chi connectivity index (χ1n) is 8.81. The lowest BCUT2D eigenvalue weighted by molar-refractivity contribution is 0.0671. The predicted octanol–water partition coefficient (Wildman–Crippen LogP) is 3.71. The molecule has 0 unspecified atom stereocenters. The Kier molecular flexibility index (Phi) is 4.36. The van der Waals surface area contributed by atoms with Crippen molar-refractivity contribution >= 4 is 16.8 Å². The number of aromatic nitrogens is 2. The lowest BCUT2D eigenvalue weighted by Crippen LogP contribution is -2.37. The Hall–Kier alpha value is -2.83. The molecular weight excluding hydrogens is 337 g/mol. The molecule has 4 rings (SSSR count). The van der Waals surface area contributed by atoms with E-state index in [-0.39, 0.29) is 17.5 Å². The van der Waals surface area contributed by atoms with Crippen LogP contribution in [0.5, 0.6) is 5.88 Å². The Morgan fingerprint density at radius 2 is 2.19 bits per heavy atom. The highest BCUT2D eigenvalue weighted by Gasteiger charge is 2.28. The molecule has 3 aromatic rings. The van der Waals surface area contributed by atoms with Gasteiger partial charge in [-0.25, -0.2) is 4.39 Å². The van der Waals surface area contributed by atoms with Gasteiger partial charge in [-0.2, -0.15) is 0 Å². The molecule has 3 heterocycles. The Morgan fingerprint density at radius 3 is 2.96 bits per heavy atom. The molecule has 0 spiro atoms. The van der Waals surface area contributed by atoms with E-state index in [1.54, 1.807) is 17.0 Å². The maximum atomic E-state index is 13.6. The summed E-state index contributed by atoms with van der Waals surface area (Å²) in [6.07, 6.45) is 3.60. The monoisotopic (exact) mass is 357 g/mol. The summed E-state index contributed by atoms with van der Waals surface area (Å²) in [5.74, 6) is 0.407. The first-order chi connectivity index (χ1) is 12.7. The zero-order chi connectivity index (χ0) is 18.1. The average Bonchev–Trinajstić information content (AvgIpc) is 3.28. The van der Waals surface area contributed by atoms with Crippen LogP contribution in [0.4, 0.5) is 4.39 Å². The van der Waals surface area contributed by atoms with Gasteiger partial charge in [0.2, 0.25) is 5.76 Å². The highest BCUT2D eigenvalue weighted by atomic mass is 19.1. The highest BCUT2D eigenvalue weighted by molar-refractivity contribution is 5.91. The van der Waals surface area contributed by atoms with Crippen LogP contribution in [0.15, 0.2) is 35.0 Å². The third kappa shape index (κ3) is 3.05. The number of fused-ring (bicyclic) bond motifs is 1. The fraction of sp³-hybridized carbons (Fsp3) is 0.368. The minimum Gasteiger partial charge on any atom is -0.476 e. The van der Waals surface area contributed by atoms with Crippen LogP contribution in [0.3, 0.4) is 0 Å². The van der Waals surface area contributed by atoms with Crippen molar-refractivity contribution < 1.29 is 18.4 Å². The number of benzene rings is 1. The van der Waals surface area contributed by atoms with Crippen LogP contribution in [0.1, 0.15) is 41.8 Å². The number of carbonyl (C=O) groups excluding carboxylic acids is 1. The summed E-state index contributed by atoms with van der Waals surface area (Å²) in [6.45, 7) is 3.56. The minimum absolute atomic E-state index is 0.174. The smallest absolute Gasteiger partial charge is 0.292 e. The molecule has 0 radical (unpaired) electrons. The van der Waals surface area contributed by atoms with Crippen molar-refractivity contribution in [1.82, 2.24) is 15.0 Å². The molecule has 2 aromatic heterocycles. The Labute approximate surface area is 149 Å². The van der Waals surface area contributed by atoms with Crippen molar-refractivity contribution in [2.24, 2.45) is 0 Å². The van der Waals surface area contributed by atoms with E-state index in [9.17, 15) is 9.18 Å². The second-order valence-electron chi connectivity index (χ2n) is 6.46. The number of aromatic amines is 1. The van der Waals surface area contributed by atoms with E-state index in [0.29, 0.717) is 31.5 Å². The lowest BCUT2D eigenvalue weighted by atomic mass is 9.89. The number of nitrogens with zero attached hydrogens (tertiary/aromatic N) is 2. The van der Waals surface area contributed by atoms with Gasteiger partial charge in [-0.15, -0.1) is 0 Å². The van der Waals surface area contributed by atoms with Gasteiger partial charge in [0.05, 0.1) is 12.7 Å². The topological polar surface area (TPSA) is 71.4 Å². The van der Waals surface area contributed by atoms with Crippen molar-refractivity contribution in [3.05, 3.63) is 47.6 Å². The third-order valence-electron chi connectivity index (χ3n) is 4.89. The van der Waals surface area contributed by atoms with E-state index in [2.05, 4.69) is 10.1 Å². The molecule has 136 valence electrons. The average molecular weight is 357 g/mol. The second-order valence-corrected chi connectivity index (χ2v) is 6.46. The molecule has 26 heavy (non-hydrogen) atoms. The van der Waals surface area contributed by atoms with E-state index in [4.69, 9.17) is 9.26 Å². The number of H-pyrrole nitrogens is 1. The zero-order valence-corrected chi connectivity index (χ0v) is 14.5. The first kappa shape index (κ1) is 16.6. The molecule has 0 atom stereocenters. The maximum absolute atomic E-state index is 13.6. The number of hydrogen-bond donors (Lipinski definition) is 1. The lowest BCUT2D eigenvalue weighted by Gasteiger charge is -2.31. The van der Waals surface area contributed by atoms with Crippen molar-refractivity contribution in [2.45, 2.75) is 25.7 Å². The number of ether oxygens (including phenoxy) is 1. The quantitative estimate of drug-likeness (QED) is 0.773. The van der Waals surface area contributed by atoms with Crippen LogP contribution in [-0.2, 0) is 0 Å². The SMILES string of the molecule is CCOc1cc(C(=O)N2CCC(c3c[nH]c4ccc(F)cc34)CC2)on1. The van der Waals surface area contributed by atoms with Crippen molar-refractivity contribution in [1.29, 1.82) is 0 Å². The van der Waals surface area contributed by atoms with Crippen LogP contribution in [0, 0.1) is 5.82 Å². The molecule has 0 aliphatic carbocycles. The molecule has 0 saturated carbocycles. The van der Waals surface area contributed by atoms with Gasteiger partial charge in [0.15, 0.2) is 0 Å². The molecule has 1 amide bonds. The van der Waals surface area contributed by atoms with Gasteiger partial charge in [0, 0.05) is 30.2 Å². The van der Waals surface area contributed by atoms with E-state index in [1.807, 2.05) is 13.1 Å². The van der Waals surface area contributed by atoms with Crippen LogP contribution in [0.2, 0.25) is 0 Å². The van der Waals surface area contributed by atoms with Crippen LogP contribution in [0.25, 0.3) is 10.9 Å². The summed E-state index contributed by atoms with van der Waals surface area (Å²) < 4.78 is 23.9. The molecule has 1 aliphatic rings. The summed E-state index contributed by atoms with van der Waals surface area (Å²) in [5, 5.41) is 4.66. The normalized spacial score (nSPS) is 15.5. The molecule has 6 nitrogen and oxygen atoms in total. The number of amides is 1. The maximum Gasteiger partial charge on any atom is 0.292 e. The number of hydrogen-bond acceptors (Lipinski definition) is 4. The van der Waals surface area contributed by atoms with Crippen molar-refractivity contribution in [3.63, 3.8) is 0 Å². The Bertz CT molecular complexity index is 925. The van der Waals surface area contributed by atoms with Gasteiger partial charge in [-0.1, -0.05) is 0 Å². The number of rotatable bonds is 4. The van der Waals surface area contributed by atoms with Crippen LogP contribution < -0.4 is 4.74 Å². The minimum atomic E-state index is -0.235. The molecule has 1 saturated heterocycles. The number of piperidine rings is 1. The Balaban J connectivity index is 1.44. The van der Waals surface area contributed by atoms with E-state index < -0.39 is 0 Å². The first-order valence-corrected chi connectivity index (χ1v) is 8.81. The summed E-state index contributed by atoms with van der Waals surface area (Å²) in [7, 11) is 0. The zero-order valence-electron chi connectivity index (χ0n) is 14.5. The molecule has 1 aliphatic heterocycles. The van der Waals surface area contributed by atoms with Gasteiger partial charge < -0.3 is 19.1 Å². The van der Waals surface area contributed by atoms with Crippen LogP contribution in [-0.4, -0.2) is 40.6 Å². The highest BCUT2D eigenvalue weighted by Crippen LogP contribution is 2.34. The molecule has 1 aromatic carbocycles.